The quantitative estimate of drug-likeness (QED) is 0.447. The number of aliphatic hydroxyl groups is 1. The van der Waals surface area contributed by atoms with Gasteiger partial charge >= 0.3 is 5.97 Å². The molecule has 6 heteroatoms. The van der Waals surface area contributed by atoms with Crippen LogP contribution < -0.4 is 4.74 Å². The van der Waals surface area contributed by atoms with E-state index in [1.54, 1.807) is 14.0 Å². The third-order valence-electron chi connectivity index (χ3n) is 4.76. The van der Waals surface area contributed by atoms with Crippen LogP contribution in [0.1, 0.15) is 66.6 Å². The van der Waals surface area contributed by atoms with Gasteiger partial charge in [0, 0.05) is 23.1 Å². The first kappa shape index (κ1) is 21.7. The smallest absolute Gasteiger partial charge is 0.341 e. The summed E-state index contributed by atoms with van der Waals surface area (Å²) >= 11 is 0. The molecule has 1 aromatic rings. The number of hydrogen-bond acceptors (Lipinski definition) is 5. The van der Waals surface area contributed by atoms with E-state index in [0.717, 1.165) is 22.3 Å². The zero-order chi connectivity index (χ0) is 20.7. The van der Waals surface area contributed by atoms with Crippen LogP contribution in [-0.4, -0.2) is 33.3 Å². The molecule has 5 nitrogen and oxygen atoms in total. The fraction of sp³-hybridized carbons (Fsp3) is 0.571. The van der Waals surface area contributed by atoms with Gasteiger partial charge in [-0.3, -0.25) is 0 Å². The number of fused-ring (bicyclic) bond motifs is 1. The molecular formula is C21H31O5Si. The molecule has 2 unspecified atom stereocenters. The number of carbonyl (C=O) groups excluding carboxylic acids is 1. The summed E-state index contributed by atoms with van der Waals surface area (Å²) in [6.45, 7) is 17.7. The van der Waals surface area contributed by atoms with Crippen LogP contribution in [0.4, 0.5) is 0 Å². The van der Waals surface area contributed by atoms with Crippen LogP contribution in [0.5, 0.6) is 5.75 Å². The first-order valence-corrected chi connectivity index (χ1v) is 11.6. The first-order chi connectivity index (χ1) is 12.4. The summed E-state index contributed by atoms with van der Waals surface area (Å²) in [6.07, 6.45) is -1.09. The molecule has 0 amide bonds. The van der Waals surface area contributed by atoms with Gasteiger partial charge < -0.3 is 19.0 Å². The number of esters is 1. The molecule has 1 aliphatic heterocycles. The van der Waals surface area contributed by atoms with Crippen LogP contribution in [0.2, 0.25) is 13.1 Å². The van der Waals surface area contributed by atoms with E-state index in [1.165, 1.54) is 0 Å². The van der Waals surface area contributed by atoms with Gasteiger partial charge in [0.25, 0.3) is 0 Å². The first-order valence-electron chi connectivity index (χ1n) is 9.15. The van der Waals surface area contributed by atoms with Crippen LogP contribution >= 0.6 is 0 Å². The minimum atomic E-state index is -1.08. The van der Waals surface area contributed by atoms with Gasteiger partial charge in [-0.05, 0) is 37.9 Å². The minimum absolute atomic E-state index is 0.328. The average molecular weight is 392 g/mol. The number of benzene rings is 1. The van der Waals surface area contributed by atoms with E-state index in [1.807, 2.05) is 40.8 Å². The Morgan fingerprint density at radius 1 is 1.37 bits per heavy atom. The summed E-state index contributed by atoms with van der Waals surface area (Å²) in [6, 6.07) is 0. The molecule has 0 saturated heterocycles. The maximum absolute atomic E-state index is 12.8. The molecule has 1 heterocycles. The maximum Gasteiger partial charge on any atom is 0.341 e. The monoisotopic (exact) mass is 391 g/mol. The van der Waals surface area contributed by atoms with Crippen molar-refractivity contribution in [3.8, 4) is 5.75 Å². The predicted molar refractivity (Wildman–Crippen MR) is 108 cm³/mol. The summed E-state index contributed by atoms with van der Waals surface area (Å²) in [7, 11) is 0.536. The van der Waals surface area contributed by atoms with Crippen molar-refractivity contribution < 1.29 is 23.8 Å². The third kappa shape index (κ3) is 4.12. The van der Waals surface area contributed by atoms with E-state index in [0.29, 0.717) is 23.3 Å². The number of carbonyl (C=O) groups is 1. The summed E-state index contributed by atoms with van der Waals surface area (Å²) in [5, 5.41) is 10.5. The molecule has 1 aliphatic rings. The predicted octanol–water partition coefficient (Wildman–Crippen LogP) is 4.22. The van der Waals surface area contributed by atoms with E-state index in [4.69, 9.17) is 13.9 Å². The number of ether oxygens (including phenoxy) is 2. The van der Waals surface area contributed by atoms with Gasteiger partial charge in [-0.25, -0.2) is 4.79 Å². The van der Waals surface area contributed by atoms with Gasteiger partial charge in [0.2, 0.25) is 15.3 Å². The van der Waals surface area contributed by atoms with Crippen molar-refractivity contribution in [3.63, 3.8) is 0 Å². The molecule has 0 bridgehead atoms. The molecule has 149 valence electrons. The highest BCUT2D eigenvalue weighted by molar-refractivity contribution is 6.48. The van der Waals surface area contributed by atoms with E-state index in [2.05, 4.69) is 6.58 Å². The number of aliphatic hydroxyl groups excluding tert-OH is 1. The lowest BCUT2D eigenvalue weighted by molar-refractivity contribution is -0.0398. The summed E-state index contributed by atoms with van der Waals surface area (Å²) in [5.41, 5.74) is 4.12. The summed E-state index contributed by atoms with van der Waals surface area (Å²) in [5.74, 6) is 0.298. The van der Waals surface area contributed by atoms with Gasteiger partial charge in [0.05, 0.1) is 18.8 Å². The van der Waals surface area contributed by atoms with Gasteiger partial charge in [0.15, 0.2) is 0 Å². The van der Waals surface area contributed by atoms with Crippen LogP contribution in [0, 0.1) is 6.92 Å². The van der Waals surface area contributed by atoms with Gasteiger partial charge in [-0.15, -0.1) is 0 Å². The Morgan fingerprint density at radius 3 is 2.41 bits per heavy atom. The van der Waals surface area contributed by atoms with Crippen molar-refractivity contribution in [1.82, 2.24) is 0 Å². The lowest BCUT2D eigenvalue weighted by Gasteiger charge is -2.29. The highest BCUT2D eigenvalue weighted by Crippen LogP contribution is 2.47. The molecule has 0 saturated carbocycles. The lowest BCUT2D eigenvalue weighted by Crippen LogP contribution is -2.24. The maximum atomic E-state index is 12.8. The van der Waals surface area contributed by atoms with Gasteiger partial charge in [0.1, 0.15) is 5.75 Å². The minimum Gasteiger partial charge on any atom is -0.496 e. The highest BCUT2D eigenvalue weighted by atomic mass is 28.3. The summed E-state index contributed by atoms with van der Waals surface area (Å²) in [4.78, 5) is 12.8. The molecule has 0 spiro atoms. The fourth-order valence-electron chi connectivity index (χ4n) is 3.62. The highest BCUT2D eigenvalue weighted by Gasteiger charge is 2.42. The molecule has 1 N–H and O–H groups in total. The molecule has 1 radical (unpaired) electrons. The molecule has 2 rings (SSSR count). The Morgan fingerprint density at radius 2 is 1.96 bits per heavy atom. The molecule has 27 heavy (non-hydrogen) atoms. The zero-order valence-corrected chi connectivity index (χ0v) is 18.6. The van der Waals surface area contributed by atoms with E-state index < -0.39 is 21.4 Å². The number of methoxy groups -OCH3 is 1. The molecule has 1 aromatic carbocycles. The van der Waals surface area contributed by atoms with Crippen molar-refractivity contribution in [2.75, 3.05) is 7.11 Å². The number of rotatable bonds is 6. The number of hydrogen-bond donors (Lipinski definition) is 1. The lowest BCUT2D eigenvalue weighted by atomic mass is 9.76. The Labute approximate surface area is 164 Å². The van der Waals surface area contributed by atoms with Crippen molar-refractivity contribution in [2.24, 2.45) is 0 Å². The second-order valence-electron chi connectivity index (χ2n) is 8.38. The topological polar surface area (TPSA) is 65.0 Å². The van der Waals surface area contributed by atoms with Crippen LogP contribution in [0.3, 0.4) is 0 Å². The fourth-order valence-corrected chi connectivity index (χ4v) is 4.21. The second kappa shape index (κ2) is 7.77. The number of cyclic esters (lactones) is 1. The molecule has 2 atom stereocenters. The molecule has 0 aliphatic carbocycles. The van der Waals surface area contributed by atoms with Crippen LogP contribution in [0.15, 0.2) is 12.2 Å². The van der Waals surface area contributed by atoms with Crippen molar-refractivity contribution in [2.45, 2.75) is 71.9 Å². The Balaban J connectivity index is 2.83. The van der Waals surface area contributed by atoms with E-state index >= 15 is 0 Å². The van der Waals surface area contributed by atoms with Crippen LogP contribution in [-0.2, 0) is 21.0 Å². The van der Waals surface area contributed by atoms with Crippen molar-refractivity contribution >= 4 is 15.0 Å². The molecule has 0 aromatic heterocycles. The van der Waals surface area contributed by atoms with Crippen LogP contribution in [0.25, 0.3) is 0 Å². The van der Waals surface area contributed by atoms with Crippen molar-refractivity contribution in [1.29, 1.82) is 0 Å². The Hall–Kier alpha value is -1.63. The Bertz CT molecular complexity index is 761. The summed E-state index contributed by atoms with van der Waals surface area (Å²) < 4.78 is 17.3. The average Bonchev–Trinajstić information content (AvgIpc) is 2.82. The van der Waals surface area contributed by atoms with E-state index in [9.17, 15) is 9.90 Å². The Kier molecular flexibility index (Phi) is 6.24. The largest absolute Gasteiger partial charge is 0.496 e. The molecule has 0 fully saturated rings. The van der Waals surface area contributed by atoms with Crippen molar-refractivity contribution in [3.05, 3.63) is 40.0 Å². The van der Waals surface area contributed by atoms with E-state index in [-0.39, 0.29) is 11.4 Å². The SMILES string of the molecule is C=C(C)C(O)Cc1c(OC)c(C)c2c(c1C(C)(C)C)C(=O)OC2O[Si](C)C. The molecular weight excluding hydrogens is 360 g/mol. The zero-order valence-electron chi connectivity index (χ0n) is 17.6. The van der Waals surface area contributed by atoms with Gasteiger partial charge in [-0.2, -0.15) is 0 Å². The third-order valence-corrected chi connectivity index (χ3v) is 5.44. The second-order valence-corrected chi connectivity index (χ2v) is 10.4. The van der Waals surface area contributed by atoms with Gasteiger partial charge in [-0.1, -0.05) is 32.9 Å². The normalized spacial score (nSPS) is 17.7. The standard InChI is InChI=1S/C21H31O5Si/c1-11(2)14(22)10-13-17(21(4,5)6)16-15(12(3)18(13)24-7)20(25-19(16)23)26-27(8)9/h14,20,22H,1,10H2,2-9H3.